The summed E-state index contributed by atoms with van der Waals surface area (Å²) in [6, 6.07) is 7.78. The van der Waals surface area contributed by atoms with Crippen LogP contribution in [0.15, 0.2) is 35.7 Å². The van der Waals surface area contributed by atoms with Crippen molar-refractivity contribution in [3.05, 3.63) is 46.4 Å². The van der Waals surface area contributed by atoms with Crippen LogP contribution in [-0.2, 0) is 0 Å². The monoisotopic (exact) mass is 251 g/mol. The minimum Gasteiger partial charge on any atom is -0.494 e. The highest BCUT2D eigenvalue weighted by Gasteiger charge is 2.09. The number of methoxy groups -OCH3 is 1. The number of rotatable bonds is 3. The first-order chi connectivity index (χ1) is 8.20. The van der Waals surface area contributed by atoms with Crippen molar-refractivity contribution in [1.29, 1.82) is 0 Å². The molecular formula is C12H10FNO2S. The fourth-order valence-corrected chi connectivity index (χ4v) is 1.96. The van der Waals surface area contributed by atoms with Gasteiger partial charge in [0.1, 0.15) is 0 Å². The molecule has 0 radical (unpaired) electrons. The molecule has 0 atom stereocenters. The summed E-state index contributed by atoms with van der Waals surface area (Å²) in [5.74, 6) is -0.597. The number of ether oxygens (including phenoxy) is 1. The van der Waals surface area contributed by atoms with Gasteiger partial charge in [0, 0.05) is 11.8 Å². The van der Waals surface area contributed by atoms with Gasteiger partial charge in [0.2, 0.25) is 0 Å². The molecule has 5 heteroatoms. The lowest BCUT2D eigenvalue weighted by Crippen LogP contribution is -2.10. The van der Waals surface area contributed by atoms with Crippen molar-refractivity contribution in [2.24, 2.45) is 0 Å². The molecule has 1 aromatic heterocycles. The Hall–Kier alpha value is -1.88. The van der Waals surface area contributed by atoms with E-state index in [0.29, 0.717) is 10.6 Å². The number of halogens is 1. The van der Waals surface area contributed by atoms with Crippen molar-refractivity contribution in [2.75, 3.05) is 12.4 Å². The van der Waals surface area contributed by atoms with E-state index in [4.69, 9.17) is 4.74 Å². The second-order valence-electron chi connectivity index (χ2n) is 3.28. The number of carbonyl (C=O) groups excluding carboxylic acids is 1. The van der Waals surface area contributed by atoms with E-state index in [9.17, 15) is 9.18 Å². The number of hydrogen-bond donors (Lipinski definition) is 1. The molecule has 1 aromatic carbocycles. The average Bonchev–Trinajstić information content (AvgIpc) is 2.82. The van der Waals surface area contributed by atoms with Gasteiger partial charge in [-0.2, -0.15) is 0 Å². The molecule has 1 N–H and O–H groups in total. The normalized spacial score (nSPS) is 10.0. The number of nitrogens with one attached hydrogen (secondary N) is 1. The first kappa shape index (κ1) is 11.6. The van der Waals surface area contributed by atoms with Gasteiger partial charge >= 0.3 is 0 Å². The quantitative estimate of drug-likeness (QED) is 0.910. The van der Waals surface area contributed by atoms with Crippen molar-refractivity contribution >= 4 is 22.9 Å². The van der Waals surface area contributed by atoms with Crippen LogP contribution in [0.3, 0.4) is 0 Å². The maximum atomic E-state index is 13.4. The summed E-state index contributed by atoms with van der Waals surface area (Å²) in [7, 11) is 1.39. The molecule has 2 aromatic rings. The molecule has 0 unspecified atom stereocenters. The van der Waals surface area contributed by atoms with Crippen LogP contribution >= 0.6 is 11.3 Å². The summed E-state index contributed by atoms with van der Waals surface area (Å²) < 4.78 is 18.2. The van der Waals surface area contributed by atoms with Crippen molar-refractivity contribution in [3.8, 4) is 5.75 Å². The van der Waals surface area contributed by atoms with Gasteiger partial charge in [-0.05, 0) is 23.6 Å². The number of anilines is 1. The molecule has 0 spiro atoms. The van der Waals surface area contributed by atoms with Gasteiger partial charge in [-0.3, -0.25) is 4.79 Å². The van der Waals surface area contributed by atoms with E-state index in [1.165, 1.54) is 30.6 Å². The Morgan fingerprint density at radius 1 is 1.41 bits per heavy atom. The predicted molar refractivity (Wildman–Crippen MR) is 65.2 cm³/mol. The van der Waals surface area contributed by atoms with E-state index in [2.05, 4.69) is 5.32 Å². The SMILES string of the molecule is COc1ccc(NC(=O)c2cccs2)cc1F. The second-order valence-corrected chi connectivity index (χ2v) is 4.23. The molecule has 0 bridgehead atoms. The molecule has 1 heterocycles. The Morgan fingerprint density at radius 2 is 2.24 bits per heavy atom. The van der Waals surface area contributed by atoms with Gasteiger partial charge in [-0.25, -0.2) is 4.39 Å². The predicted octanol–water partition coefficient (Wildman–Crippen LogP) is 3.15. The lowest BCUT2D eigenvalue weighted by atomic mass is 10.3. The third kappa shape index (κ3) is 2.62. The smallest absolute Gasteiger partial charge is 0.265 e. The van der Waals surface area contributed by atoms with Crippen molar-refractivity contribution < 1.29 is 13.9 Å². The first-order valence-corrected chi connectivity index (χ1v) is 5.77. The zero-order valence-electron chi connectivity index (χ0n) is 9.07. The molecule has 0 saturated carbocycles. The van der Waals surface area contributed by atoms with Gasteiger partial charge in [-0.15, -0.1) is 11.3 Å². The zero-order chi connectivity index (χ0) is 12.3. The van der Waals surface area contributed by atoms with Gasteiger partial charge in [0.15, 0.2) is 11.6 Å². The van der Waals surface area contributed by atoms with E-state index in [-0.39, 0.29) is 11.7 Å². The third-order valence-corrected chi connectivity index (χ3v) is 3.02. The highest BCUT2D eigenvalue weighted by molar-refractivity contribution is 7.12. The summed E-state index contributed by atoms with van der Waals surface area (Å²) >= 11 is 1.33. The van der Waals surface area contributed by atoms with Crippen LogP contribution < -0.4 is 10.1 Å². The van der Waals surface area contributed by atoms with Crippen LogP contribution in [0.4, 0.5) is 10.1 Å². The Labute approximate surface area is 102 Å². The Bertz CT molecular complexity index is 525. The molecule has 0 aliphatic heterocycles. The van der Waals surface area contributed by atoms with E-state index in [1.54, 1.807) is 18.2 Å². The van der Waals surface area contributed by atoms with E-state index < -0.39 is 5.82 Å². The first-order valence-electron chi connectivity index (χ1n) is 4.89. The van der Waals surface area contributed by atoms with E-state index >= 15 is 0 Å². The summed E-state index contributed by atoms with van der Waals surface area (Å²) in [6.07, 6.45) is 0. The number of hydrogen-bond acceptors (Lipinski definition) is 3. The van der Waals surface area contributed by atoms with Crippen LogP contribution in [0, 0.1) is 5.82 Å². The Morgan fingerprint density at radius 3 is 2.82 bits per heavy atom. The molecule has 0 aliphatic carbocycles. The molecule has 0 saturated heterocycles. The Kier molecular flexibility index (Phi) is 3.39. The molecule has 1 amide bonds. The Balaban J connectivity index is 2.14. The van der Waals surface area contributed by atoms with Crippen molar-refractivity contribution in [3.63, 3.8) is 0 Å². The largest absolute Gasteiger partial charge is 0.494 e. The number of amides is 1. The summed E-state index contributed by atoms with van der Waals surface area (Å²) in [4.78, 5) is 12.3. The van der Waals surface area contributed by atoms with Crippen LogP contribution in [0.5, 0.6) is 5.75 Å². The topological polar surface area (TPSA) is 38.3 Å². The van der Waals surface area contributed by atoms with Crippen LogP contribution in [0.25, 0.3) is 0 Å². The highest BCUT2D eigenvalue weighted by atomic mass is 32.1. The van der Waals surface area contributed by atoms with Crippen LogP contribution in [-0.4, -0.2) is 13.0 Å². The number of thiophene rings is 1. The molecule has 2 rings (SSSR count). The molecule has 88 valence electrons. The summed E-state index contributed by atoms with van der Waals surface area (Å²) in [5, 5.41) is 4.42. The van der Waals surface area contributed by atoms with Crippen LogP contribution in [0.2, 0.25) is 0 Å². The lowest BCUT2D eigenvalue weighted by Gasteiger charge is -2.06. The highest BCUT2D eigenvalue weighted by Crippen LogP contribution is 2.21. The number of benzene rings is 1. The minimum absolute atomic E-state index is 0.152. The van der Waals surface area contributed by atoms with Crippen molar-refractivity contribution in [2.45, 2.75) is 0 Å². The molecule has 0 fully saturated rings. The average molecular weight is 251 g/mol. The van der Waals surface area contributed by atoms with Gasteiger partial charge in [0.05, 0.1) is 12.0 Å². The minimum atomic E-state index is -0.503. The summed E-state index contributed by atoms with van der Waals surface area (Å²) in [6.45, 7) is 0. The fourth-order valence-electron chi connectivity index (χ4n) is 1.34. The van der Waals surface area contributed by atoms with E-state index in [1.807, 2.05) is 5.38 Å². The maximum Gasteiger partial charge on any atom is 0.265 e. The van der Waals surface area contributed by atoms with Crippen molar-refractivity contribution in [1.82, 2.24) is 0 Å². The molecule has 0 aliphatic rings. The summed E-state index contributed by atoms with van der Waals surface area (Å²) in [5.41, 5.74) is 0.404. The third-order valence-electron chi connectivity index (χ3n) is 2.15. The van der Waals surface area contributed by atoms with Gasteiger partial charge in [0.25, 0.3) is 5.91 Å². The van der Waals surface area contributed by atoms with Gasteiger partial charge < -0.3 is 10.1 Å². The van der Waals surface area contributed by atoms with Gasteiger partial charge in [-0.1, -0.05) is 6.07 Å². The zero-order valence-corrected chi connectivity index (χ0v) is 9.88. The lowest BCUT2D eigenvalue weighted by molar-refractivity contribution is 0.103. The molecular weight excluding hydrogens is 241 g/mol. The molecule has 3 nitrogen and oxygen atoms in total. The molecule has 17 heavy (non-hydrogen) atoms. The van der Waals surface area contributed by atoms with Crippen LogP contribution in [0.1, 0.15) is 9.67 Å². The standard InChI is InChI=1S/C12H10FNO2S/c1-16-10-5-4-8(7-9(10)13)14-12(15)11-3-2-6-17-11/h2-7H,1H3,(H,14,15). The fraction of sp³-hybridized carbons (Fsp3) is 0.0833. The second kappa shape index (κ2) is 4.97. The maximum absolute atomic E-state index is 13.4. The van der Waals surface area contributed by atoms with E-state index in [0.717, 1.165) is 0 Å². The number of carbonyl (C=O) groups is 1.